The van der Waals surface area contributed by atoms with Crippen LogP contribution in [0.3, 0.4) is 0 Å². The molecule has 0 bridgehead atoms. The van der Waals surface area contributed by atoms with Crippen LogP contribution in [0.25, 0.3) is 0 Å². The van der Waals surface area contributed by atoms with Gasteiger partial charge < -0.3 is 5.32 Å². The molecule has 1 aromatic carbocycles. The van der Waals surface area contributed by atoms with Crippen LogP contribution in [0.4, 0.5) is 0 Å². The Bertz CT molecular complexity index is 351. The van der Waals surface area contributed by atoms with Gasteiger partial charge in [0, 0.05) is 15.5 Å². The van der Waals surface area contributed by atoms with E-state index in [9.17, 15) is 0 Å². The number of hydrogen-bond acceptors (Lipinski definition) is 1. The van der Waals surface area contributed by atoms with Gasteiger partial charge in [0.1, 0.15) is 0 Å². The van der Waals surface area contributed by atoms with Crippen molar-refractivity contribution in [3.8, 4) is 0 Å². The summed E-state index contributed by atoms with van der Waals surface area (Å²) in [6, 6.07) is 6.43. The van der Waals surface area contributed by atoms with Crippen LogP contribution in [0.5, 0.6) is 0 Å². The fourth-order valence-electron chi connectivity index (χ4n) is 1.95. The van der Waals surface area contributed by atoms with Crippen LogP contribution in [0.15, 0.2) is 22.7 Å². The summed E-state index contributed by atoms with van der Waals surface area (Å²) < 4.78 is 1.03. The Morgan fingerprint density at radius 2 is 1.94 bits per heavy atom. The van der Waals surface area contributed by atoms with E-state index in [0.29, 0.717) is 6.04 Å². The molecule has 0 spiro atoms. The standard InChI is InChI=1S/C14H21BrClN/c1-5-6-17-13(14(2,3)4)10-7-11(15)9-12(16)8-10/h7-9,13,17H,5-6H2,1-4H3. The predicted octanol–water partition coefficient (Wildman–Crippen LogP) is 5.19. The second kappa shape index (κ2) is 6.21. The van der Waals surface area contributed by atoms with Crippen molar-refractivity contribution < 1.29 is 0 Å². The van der Waals surface area contributed by atoms with Crippen molar-refractivity contribution in [2.75, 3.05) is 6.54 Å². The molecule has 1 N–H and O–H groups in total. The topological polar surface area (TPSA) is 12.0 Å². The highest BCUT2D eigenvalue weighted by Gasteiger charge is 2.25. The van der Waals surface area contributed by atoms with Crippen LogP contribution < -0.4 is 5.32 Å². The van der Waals surface area contributed by atoms with Crippen LogP contribution in [0.2, 0.25) is 5.02 Å². The summed E-state index contributed by atoms with van der Waals surface area (Å²) in [6.07, 6.45) is 1.13. The SMILES string of the molecule is CCCNC(c1cc(Cl)cc(Br)c1)C(C)(C)C. The van der Waals surface area contributed by atoms with Crippen molar-refractivity contribution in [2.45, 2.75) is 40.2 Å². The monoisotopic (exact) mass is 317 g/mol. The lowest BCUT2D eigenvalue weighted by atomic mass is 9.82. The molecule has 0 amide bonds. The van der Waals surface area contributed by atoms with E-state index in [1.165, 1.54) is 5.56 Å². The molecule has 0 radical (unpaired) electrons. The number of hydrogen-bond donors (Lipinski definition) is 1. The molecule has 1 aromatic rings. The van der Waals surface area contributed by atoms with Gasteiger partial charge in [-0.2, -0.15) is 0 Å². The zero-order valence-electron chi connectivity index (χ0n) is 11.0. The average molecular weight is 319 g/mol. The quantitative estimate of drug-likeness (QED) is 0.805. The third kappa shape index (κ3) is 4.61. The van der Waals surface area contributed by atoms with Gasteiger partial charge in [-0.05, 0) is 42.1 Å². The second-order valence-corrected chi connectivity index (χ2v) is 6.81. The van der Waals surface area contributed by atoms with Crippen molar-refractivity contribution in [3.05, 3.63) is 33.3 Å². The largest absolute Gasteiger partial charge is 0.309 e. The lowest BCUT2D eigenvalue weighted by Gasteiger charge is -2.32. The maximum absolute atomic E-state index is 6.12. The first-order valence-electron chi connectivity index (χ1n) is 6.04. The molecule has 0 heterocycles. The molecule has 0 aliphatic heterocycles. The Morgan fingerprint density at radius 3 is 2.41 bits per heavy atom. The van der Waals surface area contributed by atoms with E-state index in [-0.39, 0.29) is 5.41 Å². The van der Waals surface area contributed by atoms with E-state index in [1.54, 1.807) is 0 Å². The predicted molar refractivity (Wildman–Crippen MR) is 79.6 cm³/mol. The lowest BCUT2D eigenvalue weighted by Crippen LogP contribution is -2.32. The van der Waals surface area contributed by atoms with Crippen LogP contribution in [-0.2, 0) is 0 Å². The van der Waals surface area contributed by atoms with Gasteiger partial charge in [0.25, 0.3) is 0 Å². The van der Waals surface area contributed by atoms with Gasteiger partial charge in [0.15, 0.2) is 0 Å². The Morgan fingerprint density at radius 1 is 1.29 bits per heavy atom. The third-order valence-electron chi connectivity index (χ3n) is 2.68. The van der Waals surface area contributed by atoms with E-state index < -0.39 is 0 Å². The molecule has 0 aromatic heterocycles. The number of benzene rings is 1. The summed E-state index contributed by atoms with van der Waals surface area (Å²) in [4.78, 5) is 0. The minimum Gasteiger partial charge on any atom is -0.309 e. The Hall–Kier alpha value is -0.0500. The van der Waals surface area contributed by atoms with Crippen LogP contribution in [0.1, 0.15) is 45.7 Å². The van der Waals surface area contributed by atoms with Crippen LogP contribution in [0, 0.1) is 5.41 Å². The Kier molecular flexibility index (Phi) is 5.49. The highest BCUT2D eigenvalue weighted by Crippen LogP contribution is 2.35. The van der Waals surface area contributed by atoms with E-state index in [4.69, 9.17) is 11.6 Å². The number of halogens is 2. The van der Waals surface area contributed by atoms with Gasteiger partial charge in [-0.3, -0.25) is 0 Å². The number of rotatable bonds is 4. The van der Waals surface area contributed by atoms with Crippen LogP contribution in [-0.4, -0.2) is 6.54 Å². The zero-order valence-corrected chi connectivity index (χ0v) is 13.3. The fraction of sp³-hybridized carbons (Fsp3) is 0.571. The molecule has 1 rings (SSSR count). The third-order valence-corrected chi connectivity index (χ3v) is 3.36. The summed E-state index contributed by atoms with van der Waals surface area (Å²) in [5.74, 6) is 0. The lowest BCUT2D eigenvalue weighted by molar-refractivity contribution is 0.273. The molecule has 1 unspecified atom stereocenters. The summed E-state index contributed by atoms with van der Waals surface area (Å²) in [6.45, 7) is 9.94. The van der Waals surface area contributed by atoms with Gasteiger partial charge in [-0.1, -0.05) is 55.2 Å². The van der Waals surface area contributed by atoms with Crippen LogP contribution >= 0.6 is 27.5 Å². The van der Waals surface area contributed by atoms with Gasteiger partial charge in [0.2, 0.25) is 0 Å². The Balaban J connectivity index is 3.03. The molecule has 0 saturated carbocycles. The molecule has 17 heavy (non-hydrogen) atoms. The summed E-state index contributed by atoms with van der Waals surface area (Å²) >= 11 is 9.62. The molecule has 0 fully saturated rings. The minimum atomic E-state index is 0.166. The molecule has 0 aliphatic carbocycles. The van der Waals surface area contributed by atoms with Crippen molar-refractivity contribution in [1.82, 2.24) is 5.32 Å². The summed E-state index contributed by atoms with van der Waals surface area (Å²) in [7, 11) is 0. The first kappa shape index (κ1) is 15.0. The van der Waals surface area contributed by atoms with Gasteiger partial charge in [-0.25, -0.2) is 0 Å². The first-order valence-corrected chi connectivity index (χ1v) is 7.21. The average Bonchev–Trinajstić information content (AvgIpc) is 2.14. The molecule has 0 aliphatic rings. The van der Waals surface area contributed by atoms with Crippen molar-refractivity contribution in [1.29, 1.82) is 0 Å². The van der Waals surface area contributed by atoms with Gasteiger partial charge in [-0.15, -0.1) is 0 Å². The second-order valence-electron chi connectivity index (χ2n) is 5.46. The maximum Gasteiger partial charge on any atom is 0.0420 e. The normalized spacial score (nSPS) is 13.8. The van der Waals surface area contributed by atoms with E-state index in [2.05, 4.69) is 55.0 Å². The van der Waals surface area contributed by atoms with Crippen molar-refractivity contribution in [3.63, 3.8) is 0 Å². The minimum absolute atomic E-state index is 0.166. The van der Waals surface area contributed by atoms with Crippen molar-refractivity contribution >= 4 is 27.5 Å². The number of nitrogens with one attached hydrogen (secondary N) is 1. The summed E-state index contributed by atoms with van der Waals surface area (Å²) in [5.41, 5.74) is 1.41. The molecule has 1 atom stereocenters. The van der Waals surface area contributed by atoms with Gasteiger partial charge in [0.05, 0.1) is 0 Å². The molecular weight excluding hydrogens is 298 g/mol. The van der Waals surface area contributed by atoms with E-state index >= 15 is 0 Å². The van der Waals surface area contributed by atoms with Gasteiger partial charge >= 0.3 is 0 Å². The highest BCUT2D eigenvalue weighted by atomic mass is 79.9. The first-order chi connectivity index (χ1) is 7.84. The van der Waals surface area contributed by atoms with E-state index in [1.807, 2.05) is 12.1 Å². The smallest absolute Gasteiger partial charge is 0.0420 e. The fourth-order valence-corrected chi connectivity index (χ4v) is 2.84. The molecule has 3 heteroatoms. The van der Waals surface area contributed by atoms with E-state index in [0.717, 1.165) is 22.5 Å². The maximum atomic E-state index is 6.12. The highest BCUT2D eigenvalue weighted by molar-refractivity contribution is 9.10. The molecule has 96 valence electrons. The zero-order chi connectivity index (χ0) is 13.1. The molecular formula is C14H21BrClN. The molecule has 0 saturated heterocycles. The Labute approximate surface area is 118 Å². The summed E-state index contributed by atoms with van der Waals surface area (Å²) in [5, 5.41) is 4.38. The molecule has 1 nitrogen and oxygen atoms in total. The van der Waals surface area contributed by atoms with Crippen molar-refractivity contribution in [2.24, 2.45) is 5.41 Å².